The lowest BCUT2D eigenvalue weighted by molar-refractivity contribution is 0.464. The lowest BCUT2D eigenvalue weighted by Gasteiger charge is -2.17. The van der Waals surface area contributed by atoms with Crippen LogP contribution in [0.1, 0.15) is 38.8 Å². The highest BCUT2D eigenvalue weighted by atomic mass is 32.2. The molecule has 1 heterocycles. The van der Waals surface area contributed by atoms with Gasteiger partial charge in [-0.1, -0.05) is 26.0 Å². The zero-order chi connectivity index (χ0) is 14.8. The van der Waals surface area contributed by atoms with Crippen molar-refractivity contribution in [2.45, 2.75) is 38.1 Å². The van der Waals surface area contributed by atoms with Gasteiger partial charge in [-0.2, -0.15) is 4.31 Å². The fourth-order valence-electron chi connectivity index (χ4n) is 2.61. The Morgan fingerprint density at radius 1 is 1.35 bits per heavy atom. The molecule has 2 rings (SSSR count). The molecule has 2 unspecified atom stereocenters. The zero-order valence-corrected chi connectivity index (χ0v) is 13.3. The first kappa shape index (κ1) is 15.5. The molecule has 1 aliphatic rings. The van der Waals surface area contributed by atoms with Crippen LogP contribution in [0.15, 0.2) is 29.2 Å². The molecule has 1 aromatic carbocycles. The summed E-state index contributed by atoms with van der Waals surface area (Å²) in [6, 6.07) is 7.49. The molecule has 0 saturated carbocycles. The lowest BCUT2D eigenvalue weighted by atomic mass is 10.1. The standard InChI is InChI=1S/C15H24N2O2S/c1-4-16-13(3)14-5-7-15(8-6-14)20(18,19)17-10-9-12(2)11-17/h5-8,12-13,16H,4,9-11H2,1-3H3. The predicted octanol–water partition coefficient (Wildman–Crippen LogP) is 2.39. The summed E-state index contributed by atoms with van der Waals surface area (Å²) in [4.78, 5) is 0.402. The van der Waals surface area contributed by atoms with Crippen molar-refractivity contribution in [1.29, 1.82) is 0 Å². The van der Waals surface area contributed by atoms with Crippen LogP contribution in [0.5, 0.6) is 0 Å². The molecular weight excluding hydrogens is 272 g/mol. The van der Waals surface area contributed by atoms with Crippen molar-refractivity contribution in [3.8, 4) is 0 Å². The van der Waals surface area contributed by atoms with Gasteiger partial charge in [0, 0.05) is 19.1 Å². The second kappa shape index (κ2) is 6.24. The van der Waals surface area contributed by atoms with E-state index in [1.807, 2.05) is 12.1 Å². The number of nitrogens with zero attached hydrogens (tertiary/aromatic N) is 1. The Bertz CT molecular complexity index is 539. The normalized spacial score (nSPS) is 22.1. The van der Waals surface area contributed by atoms with Crippen molar-refractivity contribution < 1.29 is 8.42 Å². The molecule has 0 bridgehead atoms. The maximum Gasteiger partial charge on any atom is 0.243 e. The van der Waals surface area contributed by atoms with Crippen molar-refractivity contribution in [2.75, 3.05) is 19.6 Å². The van der Waals surface area contributed by atoms with Gasteiger partial charge in [0.05, 0.1) is 4.90 Å². The van der Waals surface area contributed by atoms with Gasteiger partial charge in [0.25, 0.3) is 0 Å². The molecule has 0 aliphatic carbocycles. The third kappa shape index (κ3) is 3.22. The highest BCUT2D eigenvalue weighted by molar-refractivity contribution is 7.89. The molecule has 4 nitrogen and oxygen atoms in total. The van der Waals surface area contributed by atoms with Gasteiger partial charge in [0.1, 0.15) is 0 Å². The Balaban J connectivity index is 2.17. The summed E-state index contributed by atoms with van der Waals surface area (Å²) in [6.45, 7) is 8.40. The van der Waals surface area contributed by atoms with Crippen LogP contribution in [-0.4, -0.2) is 32.4 Å². The Morgan fingerprint density at radius 3 is 2.50 bits per heavy atom. The molecule has 2 atom stereocenters. The quantitative estimate of drug-likeness (QED) is 0.907. The lowest BCUT2D eigenvalue weighted by Crippen LogP contribution is -2.28. The highest BCUT2D eigenvalue weighted by Gasteiger charge is 2.30. The summed E-state index contributed by atoms with van der Waals surface area (Å²) >= 11 is 0. The van der Waals surface area contributed by atoms with Gasteiger partial charge in [-0.15, -0.1) is 0 Å². The number of rotatable bonds is 5. The van der Waals surface area contributed by atoms with E-state index >= 15 is 0 Å². The smallest absolute Gasteiger partial charge is 0.243 e. The van der Waals surface area contributed by atoms with E-state index in [9.17, 15) is 8.42 Å². The molecule has 0 amide bonds. The van der Waals surface area contributed by atoms with Crippen LogP contribution in [0, 0.1) is 5.92 Å². The monoisotopic (exact) mass is 296 g/mol. The summed E-state index contributed by atoms with van der Waals surface area (Å²) in [5.74, 6) is 0.456. The molecule has 20 heavy (non-hydrogen) atoms. The average Bonchev–Trinajstić information content (AvgIpc) is 2.86. The van der Waals surface area contributed by atoms with E-state index in [1.165, 1.54) is 0 Å². The van der Waals surface area contributed by atoms with E-state index in [-0.39, 0.29) is 6.04 Å². The molecule has 0 radical (unpaired) electrons. The van der Waals surface area contributed by atoms with Crippen molar-refractivity contribution in [2.24, 2.45) is 5.92 Å². The van der Waals surface area contributed by atoms with Crippen LogP contribution in [0.25, 0.3) is 0 Å². The molecule has 1 N–H and O–H groups in total. The van der Waals surface area contributed by atoms with Crippen LogP contribution in [0.2, 0.25) is 0 Å². The van der Waals surface area contributed by atoms with Gasteiger partial charge < -0.3 is 5.32 Å². The second-order valence-electron chi connectivity index (χ2n) is 5.61. The SMILES string of the molecule is CCNC(C)c1ccc(S(=O)(=O)N2CCC(C)C2)cc1. The van der Waals surface area contributed by atoms with Gasteiger partial charge >= 0.3 is 0 Å². The van der Waals surface area contributed by atoms with E-state index in [2.05, 4.69) is 26.1 Å². The number of hydrogen-bond donors (Lipinski definition) is 1. The molecule has 1 saturated heterocycles. The highest BCUT2D eigenvalue weighted by Crippen LogP contribution is 2.25. The van der Waals surface area contributed by atoms with Crippen LogP contribution in [0.3, 0.4) is 0 Å². The van der Waals surface area contributed by atoms with Crippen molar-refractivity contribution in [3.05, 3.63) is 29.8 Å². The van der Waals surface area contributed by atoms with Gasteiger partial charge in [-0.3, -0.25) is 0 Å². The molecule has 112 valence electrons. The zero-order valence-electron chi connectivity index (χ0n) is 12.5. The third-order valence-corrected chi connectivity index (χ3v) is 5.79. The maximum absolute atomic E-state index is 12.5. The van der Waals surface area contributed by atoms with Crippen molar-refractivity contribution >= 4 is 10.0 Å². The molecule has 5 heteroatoms. The van der Waals surface area contributed by atoms with Crippen LogP contribution < -0.4 is 5.32 Å². The summed E-state index contributed by atoms with van der Waals surface area (Å²) < 4.78 is 26.6. The minimum atomic E-state index is -3.31. The first-order valence-corrected chi connectivity index (χ1v) is 8.72. The maximum atomic E-state index is 12.5. The van der Waals surface area contributed by atoms with Crippen LogP contribution in [-0.2, 0) is 10.0 Å². The van der Waals surface area contributed by atoms with Gasteiger partial charge in [0.15, 0.2) is 0 Å². The summed E-state index contributed by atoms with van der Waals surface area (Å²) in [7, 11) is -3.31. The number of nitrogens with one attached hydrogen (secondary N) is 1. The molecule has 0 spiro atoms. The topological polar surface area (TPSA) is 49.4 Å². The Labute approximate surface area is 122 Å². The van der Waals surface area contributed by atoms with E-state index in [1.54, 1.807) is 16.4 Å². The van der Waals surface area contributed by atoms with Gasteiger partial charge in [-0.05, 0) is 43.5 Å². The minimum absolute atomic E-state index is 0.239. The summed E-state index contributed by atoms with van der Waals surface area (Å²) in [6.07, 6.45) is 0.953. The summed E-state index contributed by atoms with van der Waals surface area (Å²) in [5, 5.41) is 3.32. The molecule has 0 aromatic heterocycles. The third-order valence-electron chi connectivity index (χ3n) is 3.91. The number of benzene rings is 1. The number of hydrogen-bond acceptors (Lipinski definition) is 3. The van der Waals surface area contributed by atoms with E-state index in [0.717, 1.165) is 18.5 Å². The Hall–Kier alpha value is -0.910. The fourth-order valence-corrected chi connectivity index (χ4v) is 4.19. The number of sulfonamides is 1. The fraction of sp³-hybridized carbons (Fsp3) is 0.600. The Kier molecular flexibility index (Phi) is 4.83. The van der Waals surface area contributed by atoms with Gasteiger partial charge in [0.2, 0.25) is 10.0 Å². The van der Waals surface area contributed by atoms with Crippen molar-refractivity contribution in [3.63, 3.8) is 0 Å². The first-order chi connectivity index (χ1) is 9.45. The van der Waals surface area contributed by atoms with Crippen molar-refractivity contribution in [1.82, 2.24) is 9.62 Å². The Morgan fingerprint density at radius 2 is 2.00 bits per heavy atom. The average molecular weight is 296 g/mol. The molecule has 1 aromatic rings. The van der Waals surface area contributed by atoms with Crippen LogP contribution >= 0.6 is 0 Å². The second-order valence-corrected chi connectivity index (χ2v) is 7.54. The van der Waals surface area contributed by atoms with E-state index in [0.29, 0.717) is 23.9 Å². The predicted molar refractivity (Wildman–Crippen MR) is 81.1 cm³/mol. The molecular formula is C15H24N2O2S. The van der Waals surface area contributed by atoms with E-state index in [4.69, 9.17) is 0 Å². The minimum Gasteiger partial charge on any atom is -0.310 e. The van der Waals surface area contributed by atoms with Gasteiger partial charge in [-0.25, -0.2) is 8.42 Å². The van der Waals surface area contributed by atoms with E-state index < -0.39 is 10.0 Å². The molecule has 1 aliphatic heterocycles. The van der Waals surface area contributed by atoms with Crippen LogP contribution in [0.4, 0.5) is 0 Å². The molecule has 1 fully saturated rings. The first-order valence-electron chi connectivity index (χ1n) is 7.28. The largest absolute Gasteiger partial charge is 0.310 e. The summed E-state index contributed by atoms with van der Waals surface area (Å²) in [5.41, 5.74) is 1.11.